The van der Waals surface area contributed by atoms with Crippen LogP contribution in [0, 0.1) is 0 Å². The van der Waals surface area contributed by atoms with E-state index in [1.54, 1.807) is 18.3 Å². The molecule has 3 rings (SSSR count). The van der Waals surface area contributed by atoms with Gasteiger partial charge in [0.25, 0.3) is 0 Å². The molecule has 0 saturated heterocycles. The molecule has 3 nitrogen and oxygen atoms in total. The molecule has 2 N–H and O–H groups in total. The van der Waals surface area contributed by atoms with Gasteiger partial charge >= 0.3 is 0 Å². The van der Waals surface area contributed by atoms with Crippen molar-refractivity contribution in [1.82, 2.24) is 9.97 Å². The second kappa shape index (κ2) is 4.39. The van der Waals surface area contributed by atoms with Crippen LogP contribution >= 0.6 is 34.5 Å². The lowest BCUT2D eigenvalue weighted by atomic mass is 10.2. The van der Waals surface area contributed by atoms with E-state index in [2.05, 4.69) is 9.97 Å². The van der Waals surface area contributed by atoms with E-state index in [0.717, 1.165) is 20.9 Å². The van der Waals surface area contributed by atoms with E-state index in [1.807, 2.05) is 12.1 Å². The van der Waals surface area contributed by atoms with Crippen LogP contribution in [0.25, 0.3) is 20.9 Å². The average molecular weight is 296 g/mol. The summed E-state index contributed by atoms with van der Waals surface area (Å²) in [5.74, 6) is 0. The van der Waals surface area contributed by atoms with Gasteiger partial charge in [0.1, 0.15) is 15.4 Å². The lowest BCUT2D eigenvalue weighted by molar-refractivity contribution is 1.41. The van der Waals surface area contributed by atoms with Crippen molar-refractivity contribution in [3.63, 3.8) is 0 Å². The summed E-state index contributed by atoms with van der Waals surface area (Å²) in [5, 5.41) is 1.70. The summed E-state index contributed by atoms with van der Waals surface area (Å²) in [6, 6.07) is 7.30. The standard InChI is InChI=1S/C12H7Cl2N3S/c13-7-4-6(5-8(14)10(7)15)11-17-9-2-1-3-16-12(9)18-11/h1-5H,15H2. The van der Waals surface area contributed by atoms with Gasteiger partial charge in [-0.3, -0.25) is 0 Å². The molecule has 90 valence electrons. The molecule has 0 aliphatic carbocycles. The minimum Gasteiger partial charge on any atom is -0.396 e. The first-order valence-electron chi connectivity index (χ1n) is 5.11. The van der Waals surface area contributed by atoms with Gasteiger partial charge in [0.2, 0.25) is 0 Å². The van der Waals surface area contributed by atoms with Gasteiger partial charge < -0.3 is 5.73 Å². The van der Waals surface area contributed by atoms with Gasteiger partial charge in [0.15, 0.2) is 0 Å². The highest BCUT2D eigenvalue weighted by atomic mass is 35.5. The Morgan fingerprint density at radius 3 is 2.56 bits per heavy atom. The summed E-state index contributed by atoms with van der Waals surface area (Å²) in [4.78, 5) is 9.63. The third kappa shape index (κ3) is 1.92. The molecule has 6 heteroatoms. The largest absolute Gasteiger partial charge is 0.396 e. The van der Waals surface area contributed by atoms with Gasteiger partial charge in [-0.2, -0.15) is 0 Å². The van der Waals surface area contributed by atoms with Gasteiger partial charge in [-0.25, -0.2) is 9.97 Å². The van der Waals surface area contributed by atoms with Crippen molar-refractivity contribution in [2.45, 2.75) is 0 Å². The normalized spacial score (nSPS) is 11.0. The zero-order chi connectivity index (χ0) is 12.7. The number of halogens is 2. The number of rotatable bonds is 1. The molecule has 0 saturated carbocycles. The van der Waals surface area contributed by atoms with Crippen LogP contribution < -0.4 is 5.73 Å². The van der Waals surface area contributed by atoms with Crippen molar-refractivity contribution in [2.24, 2.45) is 0 Å². The van der Waals surface area contributed by atoms with Gasteiger partial charge in [-0.05, 0) is 24.3 Å². The Morgan fingerprint density at radius 1 is 1.17 bits per heavy atom. The van der Waals surface area contributed by atoms with Crippen molar-refractivity contribution in [1.29, 1.82) is 0 Å². The molecule has 0 atom stereocenters. The van der Waals surface area contributed by atoms with Crippen molar-refractivity contribution in [3.05, 3.63) is 40.5 Å². The molecule has 0 fully saturated rings. The van der Waals surface area contributed by atoms with Crippen LogP contribution in [-0.2, 0) is 0 Å². The van der Waals surface area contributed by atoms with Crippen LogP contribution in [0.1, 0.15) is 0 Å². The van der Waals surface area contributed by atoms with E-state index >= 15 is 0 Å². The van der Waals surface area contributed by atoms with E-state index in [1.165, 1.54) is 11.3 Å². The Bertz CT molecular complexity index is 683. The maximum Gasteiger partial charge on any atom is 0.143 e. The topological polar surface area (TPSA) is 51.8 Å². The highest BCUT2D eigenvalue weighted by molar-refractivity contribution is 7.21. The Kier molecular flexibility index (Phi) is 2.86. The zero-order valence-corrected chi connectivity index (χ0v) is 11.4. The first-order valence-corrected chi connectivity index (χ1v) is 6.69. The zero-order valence-electron chi connectivity index (χ0n) is 9.02. The number of nitrogens with zero attached hydrogens (tertiary/aromatic N) is 2. The molecule has 2 heterocycles. The third-order valence-electron chi connectivity index (χ3n) is 2.49. The highest BCUT2D eigenvalue weighted by Crippen LogP contribution is 2.36. The van der Waals surface area contributed by atoms with Gasteiger partial charge in [-0.1, -0.05) is 34.5 Å². The Balaban J connectivity index is 2.20. The van der Waals surface area contributed by atoms with E-state index in [4.69, 9.17) is 28.9 Å². The van der Waals surface area contributed by atoms with E-state index in [0.29, 0.717) is 15.7 Å². The molecule has 0 radical (unpaired) electrons. The predicted molar refractivity (Wildman–Crippen MR) is 77.3 cm³/mol. The fourth-order valence-corrected chi connectivity index (χ4v) is 2.98. The van der Waals surface area contributed by atoms with E-state index in [-0.39, 0.29) is 0 Å². The number of hydrogen-bond acceptors (Lipinski definition) is 4. The minimum atomic E-state index is 0.390. The average Bonchev–Trinajstić information content (AvgIpc) is 2.79. The lowest BCUT2D eigenvalue weighted by Gasteiger charge is -2.03. The monoisotopic (exact) mass is 295 g/mol. The fraction of sp³-hybridized carbons (Fsp3) is 0. The number of fused-ring (bicyclic) bond motifs is 1. The maximum absolute atomic E-state index is 6.02. The highest BCUT2D eigenvalue weighted by Gasteiger charge is 2.11. The maximum atomic E-state index is 6.02. The molecule has 18 heavy (non-hydrogen) atoms. The third-order valence-corrected chi connectivity index (χ3v) is 4.15. The molecular weight excluding hydrogens is 289 g/mol. The summed E-state index contributed by atoms with van der Waals surface area (Å²) in [6.07, 6.45) is 1.74. The van der Waals surface area contributed by atoms with Crippen LogP contribution in [-0.4, -0.2) is 9.97 Å². The second-order valence-electron chi connectivity index (χ2n) is 3.70. The molecule has 0 spiro atoms. The molecule has 3 aromatic rings. The molecule has 0 unspecified atom stereocenters. The Labute approximate surface area is 117 Å². The first kappa shape index (κ1) is 11.7. The number of anilines is 1. The second-order valence-corrected chi connectivity index (χ2v) is 5.49. The quantitative estimate of drug-likeness (QED) is 0.683. The molecule has 0 amide bonds. The fourth-order valence-electron chi connectivity index (χ4n) is 1.60. The SMILES string of the molecule is Nc1c(Cl)cc(-c2nc3cccnc3s2)cc1Cl. The summed E-state index contributed by atoms with van der Waals surface area (Å²) in [6.45, 7) is 0. The Morgan fingerprint density at radius 2 is 1.89 bits per heavy atom. The van der Waals surface area contributed by atoms with E-state index in [9.17, 15) is 0 Å². The van der Waals surface area contributed by atoms with Crippen molar-refractivity contribution < 1.29 is 0 Å². The van der Waals surface area contributed by atoms with Crippen molar-refractivity contribution in [3.8, 4) is 10.6 Å². The number of hydrogen-bond donors (Lipinski definition) is 1. The Hall–Kier alpha value is -1.36. The van der Waals surface area contributed by atoms with Crippen LogP contribution in [0.4, 0.5) is 5.69 Å². The first-order chi connectivity index (χ1) is 8.65. The van der Waals surface area contributed by atoms with Crippen LogP contribution in [0.15, 0.2) is 30.5 Å². The number of benzene rings is 1. The van der Waals surface area contributed by atoms with Gasteiger partial charge in [0, 0.05) is 11.8 Å². The minimum absolute atomic E-state index is 0.390. The van der Waals surface area contributed by atoms with Crippen molar-refractivity contribution >= 4 is 50.6 Å². The molecule has 0 aliphatic rings. The summed E-state index contributed by atoms with van der Waals surface area (Å²) < 4.78 is 0. The molecule has 2 aromatic heterocycles. The molecule has 0 bridgehead atoms. The predicted octanol–water partition coefficient (Wildman–Crippen LogP) is 4.25. The summed E-state index contributed by atoms with van der Waals surface area (Å²) >= 11 is 13.5. The summed E-state index contributed by atoms with van der Waals surface area (Å²) in [7, 11) is 0. The number of nitrogen functional groups attached to an aromatic ring is 1. The van der Waals surface area contributed by atoms with Crippen molar-refractivity contribution in [2.75, 3.05) is 5.73 Å². The van der Waals surface area contributed by atoms with Crippen LogP contribution in [0.5, 0.6) is 0 Å². The van der Waals surface area contributed by atoms with Crippen LogP contribution in [0.3, 0.4) is 0 Å². The number of aromatic nitrogens is 2. The number of nitrogens with two attached hydrogens (primary N) is 1. The molecule has 1 aromatic carbocycles. The van der Waals surface area contributed by atoms with Gasteiger partial charge in [-0.15, -0.1) is 0 Å². The lowest BCUT2D eigenvalue weighted by Crippen LogP contribution is -1.88. The number of thiazole rings is 1. The molecular formula is C12H7Cl2N3S. The van der Waals surface area contributed by atoms with E-state index < -0.39 is 0 Å². The number of pyridine rings is 1. The summed E-state index contributed by atoms with van der Waals surface area (Å²) in [5.41, 5.74) is 7.81. The van der Waals surface area contributed by atoms with Gasteiger partial charge in [0.05, 0.1) is 15.7 Å². The smallest absolute Gasteiger partial charge is 0.143 e. The van der Waals surface area contributed by atoms with Crippen LogP contribution in [0.2, 0.25) is 10.0 Å². The molecule has 0 aliphatic heterocycles.